The molecule has 6 nitrogen and oxygen atoms in total. The Morgan fingerprint density at radius 1 is 0.299 bits per heavy atom. The SMILES string of the molecule is CCCCC/C=C\C=C/CCCCCCCCC(=O)OCC(COC(=O)CCCCCCC\C=C/C=C\C=C/CCCCCCC)OC(=O)CCCCCCCCCCCCCCCCCC. The van der Waals surface area contributed by atoms with E-state index in [-0.39, 0.29) is 31.1 Å². The number of unbranched alkanes of at least 4 members (excludes halogenated alkanes) is 34. The van der Waals surface area contributed by atoms with Crippen LogP contribution in [0, 0.1) is 0 Å². The van der Waals surface area contributed by atoms with E-state index < -0.39 is 6.10 Å². The zero-order chi connectivity index (χ0) is 48.6. The second-order valence-corrected chi connectivity index (χ2v) is 19.3. The molecule has 0 saturated carbocycles. The van der Waals surface area contributed by atoms with Crippen molar-refractivity contribution in [2.24, 2.45) is 0 Å². The Bertz CT molecular complexity index is 1210. The smallest absolute Gasteiger partial charge is 0.306 e. The zero-order valence-corrected chi connectivity index (χ0v) is 44.4. The summed E-state index contributed by atoms with van der Waals surface area (Å²) in [7, 11) is 0. The molecule has 0 N–H and O–H groups in total. The van der Waals surface area contributed by atoms with Crippen LogP contribution >= 0.6 is 0 Å². The van der Waals surface area contributed by atoms with E-state index in [2.05, 4.69) is 81.5 Å². The van der Waals surface area contributed by atoms with Gasteiger partial charge >= 0.3 is 17.9 Å². The molecule has 0 radical (unpaired) electrons. The first kappa shape index (κ1) is 64.1. The first-order valence-electron chi connectivity index (χ1n) is 28.8. The fourth-order valence-electron chi connectivity index (χ4n) is 8.20. The van der Waals surface area contributed by atoms with E-state index in [1.807, 2.05) is 0 Å². The lowest BCUT2D eigenvalue weighted by atomic mass is 10.0. The molecule has 0 aliphatic carbocycles. The standard InChI is InChI=1S/C61H108O6/c1-4-7-10-13-16-19-22-25-28-30-31-34-36-39-42-45-48-51-54-60(63)66-57-58(56-65-59(62)53-50-47-44-41-38-35-32-27-24-21-18-15-12-9-6-3)67-61(64)55-52-49-46-43-40-37-33-29-26-23-20-17-14-11-8-5-2/h18,21-22,24-25,27-28,30-31,34,58H,4-17,19-20,23,26,29,32-33,35-57H2,1-3H3/b21-18-,25-22-,27-24-,30-28-,34-31-. The molecular weight excluding hydrogens is 829 g/mol. The van der Waals surface area contributed by atoms with Crippen LogP contribution in [-0.2, 0) is 28.6 Å². The maximum absolute atomic E-state index is 12.9. The Balaban J connectivity index is 4.42. The monoisotopic (exact) mass is 937 g/mol. The Hall–Kier alpha value is -2.89. The normalized spacial score (nSPS) is 12.5. The summed E-state index contributed by atoms with van der Waals surface area (Å²) in [6.45, 7) is 6.60. The lowest BCUT2D eigenvalue weighted by Crippen LogP contribution is -2.30. The van der Waals surface area contributed by atoms with Crippen molar-refractivity contribution in [3.05, 3.63) is 60.8 Å². The highest BCUT2D eigenvalue weighted by atomic mass is 16.6. The average molecular weight is 938 g/mol. The minimum absolute atomic E-state index is 0.0849. The van der Waals surface area contributed by atoms with E-state index in [0.29, 0.717) is 19.3 Å². The number of ether oxygens (including phenoxy) is 3. The molecular formula is C61H108O6. The largest absolute Gasteiger partial charge is 0.462 e. The van der Waals surface area contributed by atoms with Gasteiger partial charge in [0, 0.05) is 19.3 Å². The lowest BCUT2D eigenvalue weighted by Gasteiger charge is -2.18. The fourth-order valence-corrected chi connectivity index (χ4v) is 8.20. The molecule has 388 valence electrons. The van der Waals surface area contributed by atoms with E-state index in [1.54, 1.807) is 0 Å². The third-order valence-electron chi connectivity index (χ3n) is 12.6. The molecule has 0 aliphatic rings. The highest BCUT2D eigenvalue weighted by Gasteiger charge is 2.19. The van der Waals surface area contributed by atoms with E-state index in [0.717, 1.165) is 83.5 Å². The molecule has 6 heteroatoms. The van der Waals surface area contributed by atoms with Crippen LogP contribution in [0.25, 0.3) is 0 Å². The van der Waals surface area contributed by atoms with Gasteiger partial charge in [0.1, 0.15) is 13.2 Å². The van der Waals surface area contributed by atoms with Crippen LogP contribution in [0.15, 0.2) is 60.8 Å². The summed E-state index contributed by atoms with van der Waals surface area (Å²) < 4.78 is 16.9. The second-order valence-electron chi connectivity index (χ2n) is 19.3. The first-order valence-corrected chi connectivity index (χ1v) is 28.8. The zero-order valence-electron chi connectivity index (χ0n) is 44.4. The van der Waals surface area contributed by atoms with Crippen molar-refractivity contribution < 1.29 is 28.6 Å². The molecule has 0 spiro atoms. The van der Waals surface area contributed by atoms with Crippen LogP contribution in [0.5, 0.6) is 0 Å². The molecule has 0 aliphatic heterocycles. The third kappa shape index (κ3) is 53.9. The van der Waals surface area contributed by atoms with Crippen molar-refractivity contribution >= 4 is 17.9 Å². The van der Waals surface area contributed by atoms with Gasteiger partial charge in [-0.05, 0) is 70.6 Å². The molecule has 0 heterocycles. The third-order valence-corrected chi connectivity index (χ3v) is 12.6. The van der Waals surface area contributed by atoms with Crippen LogP contribution < -0.4 is 0 Å². The maximum atomic E-state index is 12.9. The van der Waals surface area contributed by atoms with Crippen LogP contribution in [-0.4, -0.2) is 37.2 Å². The fraction of sp³-hybridized carbons (Fsp3) is 0.787. The van der Waals surface area contributed by atoms with E-state index in [1.165, 1.54) is 167 Å². The predicted octanol–water partition coefficient (Wildman–Crippen LogP) is 19.2. The number of rotatable bonds is 52. The number of carbonyl (C=O) groups is 3. The molecule has 0 aromatic heterocycles. The number of allylic oxidation sites excluding steroid dienone is 10. The van der Waals surface area contributed by atoms with Crippen LogP contribution in [0.2, 0.25) is 0 Å². The molecule has 0 rings (SSSR count). The van der Waals surface area contributed by atoms with Gasteiger partial charge in [0.25, 0.3) is 0 Å². The van der Waals surface area contributed by atoms with E-state index in [9.17, 15) is 14.4 Å². The van der Waals surface area contributed by atoms with Crippen LogP contribution in [0.3, 0.4) is 0 Å². The van der Waals surface area contributed by atoms with Gasteiger partial charge in [0.15, 0.2) is 6.10 Å². The van der Waals surface area contributed by atoms with E-state index in [4.69, 9.17) is 14.2 Å². The van der Waals surface area contributed by atoms with Gasteiger partial charge < -0.3 is 14.2 Å². The Labute approximate surface area is 415 Å². The summed E-state index contributed by atoms with van der Waals surface area (Å²) in [5.41, 5.74) is 0. The topological polar surface area (TPSA) is 78.9 Å². The minimum atomic E-state index is -0.786. The quantitative estimate of drug-likeness (QED) is 0.0262. The summed E-state index contributed by atoms with van der Waals surface area (Å²) in [4.78, 5) is 38.1. The second kappa shape index (κ2) is 55.7. The number of hydrogen-bond acceptors (Lipinski definition) is 6. The number of carbonyl (C=O) groups excluding carboxylic acids is 3. The lowest BCUT2D eigenvalue weighted by molar-refractivity contribution is -0.167. The highest BCUT2D eigenvalue weighted by molar-refractivity contribution is 5.71. The molecule has 67 heavy (non-hydrogen) atoms. The molecule has 0 fully saturated rings. The molecule has 0 amide bonds. The summed E-state index contributed by atoms with van der Waals surface area (Å²) in [5, 5.41) is 0. The number of hydrogen-bond donors (Lipinski definition) is 0. The molecule has 1 unspecified atom stereocenters. The van der Waals surface area contributed by atoms with Crippen molar-refractivity contribution in [1.29, 1.82) is 0 Å². The van der Waals surface area contributed by atoms with Crippen LogP contribution in [0.4, 0.5) is 0 Å². The molecule has 0 bridgehead atoms. The van der Waals surface area contributed by atoms with Gasteiger partial charge in [-0.25, -0.2) is 0 Å². The molecule has 1 atom stereocenters. The van der Waals surface area contributed by atoms with Crippen molar-refractivity contribution in [2.45, 2.75) is 297 Å². The van der Waals surface area contributed by atoms with Gasteiger partial charge in [-0.1, -0.05) is 261 Å². The Morgan fingerprint density at radius 2 is 0.537 bits per heavy atom. The van der Waals surface area contributed by atoms with Crippen molar-refractivity contribution in [3.8, 4) is 0 Å². The predicted molar refractivity (Wildman–Crippen MR) is 288 cm³/mol. The molecule has 0 aromatic carbocycles. The first-order chi connectivity index (χ1) is 33.0. The van der Waals surface area contributed by atoms with Gasteiger partial charge in [-0.2, -0.15) is 0 Å². The van der Waals surface area contributed by atoms with Gasteiger partial charge in [0.05, 0.1) is 0 Å². The maximum Gasteiger partial charge on any atom is 0.306 e. The minimum Gasteiger partial charge on any atom is -0.462 e. The van der Waals surface area contributed by atoms with Crippen LogP contribution in [0.1, 0.15) is 290 Å². The van der Waals surface area contributed by atoms with Crippen molar-refractivity contribution in [2.75, 3.05) is 13.2 Å². The van der Waals surface area contributed by atoms with Gasteiger partial charge in [-0.3, -0.25) is 14.4 Å². The molecule has 0 aromatic rings. The Kier molecular flexibility index (Phi) is 53.3. The van der Waals surface area contributed by atoms with E-state index >= 15 is 0 Å². The summed E-state index contributed by atoms with van der Waals surface area (Å²) in [6.07, 6.45) is 69.1. The number of esters is 3. The van der Waals surface area contributed by atoms with Gasteiger partial charge in [-0.15, -0.1) is 0 Å². The average Bonchev–Trinajstić information content (AvgIpc) is 3.33. The Morgan fingerprint density at radius 3 is 0.866 bits per heavy atom. The van der Waals surface area contributed by atoms with Gasteiger partial charge in [0.2, 0.25) is 0 Å². The highest BCUT2D eigenvalue weighted by Crippen LogP contribution is 2.16. The summed E-state index contributed by atoms with van der Waals surface area (Å²) in [6, 6.07) is 0. The summed E-state index contributed by atoms with van der Waals surface area (Å²) in [5.74, 6) is -0.903. The molecule has 0 saturated heterocycles. The summed E-state index contributed by atoms with van der Waals surface area (Å²) >= 11 is 0. The van der Waals surface area contributed by atoms with Crippen molar-refractivity contribution in [1.82, 2.24) is 0 Å². The van der Waals surface area contributed by atoms with Crippen molar-refractivity contribution in [3.63, 3.8) is 0 Å².